The van der Waals surface area contributed by atoms with Crippen molar-refractivity contribution in [2.75, 3.05) is 31.7 Å². The van der Waals surface area contributed by atoms with E-state index in [-0.39, 0.29) is 18.0 Å². The van der Waals surface area contributed by atoms with Gasteiger partial charge in [-0.05, 0) is 6.42 Å². The van der Waals surface area contributed by atoms with Crippen LogP contribution in [0, 0.1) is 11.3 Å². The molecule has 0 spiro atoms. The van der Waals surface area contributed by atoms with Gasteiger partial charge in [0, 0.05) is 39.4 Å². The maximum Gasteiger partial charge on any atom is 0.267 e. The minimum atomic E-state index is -0.105. The van der Waals surface area contributed by atoms with Crippen molar-refractivity contribution in [3.05, 3.63) is 28.3 Å². The fourth-order valence-corrected chi connectivity index (χ4v) is 3.35. The van der Waals surface area contributed by atoms with Gasteiger partial charge in [-0.25, -0.2) is 14.2 Å². The molecule has 0 saturated carbocycles. The molecule has 134 valence electrons. The van der Waals surface area contributed by atoms with Crippen LogP contribution in [0.5, 0.6) is 0 Å². The molecule has 2 aromatic rings. The summed E-state index contributed by atoms with van der Waals surface area (Å²) in [6.45, 7) is 4.29. The second kappa shape index (κ2) is 7.25. The quantitative estimate of drug-likeness (QED) is 0.839. The summed E-state index contributed by atoms with van der Waals surface area (Å²) in [6.07, 6.45) is 2.98. The molecular formula is C17H24N6O2. The number of piperazine rings is 1. The fourth-order valence-electron chi connectivity index (χ4n) is 3.35. The Balaban J connectivity index is 2.13. The summed E-state index contributed by atoms with van der Waals surface area (Å²) in [4.78, 5) is 19.3. The molecule has 0 aromatic carbocycles. The summed E-state index contributed by atoms with van der Waals surface area (Å²) in [6, 6.07) is 4.23. The molecule has 8 nitrogen and oxygen atoms in total. The van der Waals surface area contributed by atoms with Gasteiger partial charge in [0.05, 0.1) is 42.7 Å². The number of hydrogen-bond acceptors (Lipinski definition) is 6. The van der Waals surface area contributed by atoms with Gasteiger partial charge in [0.2, 0.25) is 0 Å². The van der Waals surface area contributed by atoms with Gasteiger partial charge in [-0.3, -0.25) is 4.79 Å². The van der Waals surface area contributed by atoms with Gasteiger partial charge in [-0.15, -0.1) is 0 Å². The van der Waals surface area contributed by atoms with Crippen molar-refractivity contribution in [3.63, 3.8) is 0 Å². The molecule has 2 aromatic heterocycles. The minimum absolute atomic E-state index is 0.105. The van der Waals surface area contributed by atoms with Crippen molar-refractivity contribution in [2.24, 2.45) is 7.05 Å². The Labute approximate surface area is 146 Å². The normalized spacial score (nSPS) is 20.8. The van der Waals surface area contributed by atoms with Crippen molar-refractivity contribution < 1.29 is 4.74 Å². The first-order valence-corrected chi connectivity index (χ1v) is 8.53. The molecule has 3 heterocycles. The molecule has 0 unspecified atom stereocenters. The number of methoxy groups -OCH3 is 1. The molecule has 0 aliphatic carbocycles. The number of rotatable bonds is 5. The van der Waals surface area contributed by atoms with Crippen LogP contribution in [0.25, 0.3) is 5.65 Å². The van der Waals surface area contributed by atoms with Crippen molar-refractivity contribution in [2.45, 2.75) is 31.8 Å². The van der Waals surface area contributed by atoms with E-state index in [4.69, 9.17) is 10.00 Å². The Kier molecular flexibility index (Phi) is 5.06. The molecular weight excluding hydrogens is 320 g/mol. The number of ether oxygens (including phenoxy) is 1. The van der Waals surface area contributed by atoms with E-state index in [0.717, 1.165) is 25.2 Å². The molecule has 0 radical (unpaired) electrons. The third kappa shape index (κ3) is 3.25. The van der Waals surface area contributed by atoms with Crippen LogP contribution in [0.3, 0.4) is 0 Å². The molecule has 25 heavy (non-hydrogen) atoms. The summed E-state index contributed by atoms with van der Waals surface area (Å²) in [7, 11) is 3.39. The molecule has 3 rings (SSSR count). The van der Waals surface area contributed by atoms with Crippen LogP contribution in [0.2, 0.25) is 0 Å². The molecule has 0 amide bonds. The number of imidazole rings is 1. The van der Waals surface area contributed by atoms with Crippen molar-refractivity contribution in [1.82, 2.24) is 19.5 Å². The molecule has 1 aliphatic rings. The Hall–Kier alpha value is -2.37. The van der Waals surface area contributed by atoms with Crippen LogP contribution in [-0.4, -0.2) is 53.1 Å². The second-order valence-electron chi connectivity index (χ2n) is 6.40. The zero-order chi connectivity index (χ0) is 18.0. The standard InChI is InChI=1S/C17H24N6O2/c1-4-12-9-22(14(8-19-12)11-25-3)15-7-16(24)21(2)23-10-13(5-6-18)20-17(15)23/h7,10,12,14,19H,4-5,8-9,11H2,1-3H3/t12-,14-/m1/s1. The van der Waals surface area contributed by atoms with Crippen LogP contribution in [-0.2, 0) is 18.2 Å². The largest absolute Gasteiger partial charge is 0.383 e. The van der Waals surface area contributed by atoms with Gasteiger partial charge in [0.1, 0.15) is 0 Å². The highest BCUT2D eigenvalue weighted by molar-refractivity contribution is 5.69. The maximum absolute atomic E-state index is 12.5. The number of nitriles is 1. The first kappa shape index (κ1) is 17.5. The SMILES string of the molecule is CC[C@@H]1CN(c2cc(=O)n(C)n3cc(CC#N)nc23)[C@@H](COC)CN1. The van der Waals surface area contributed by atoms with E-state index in [0.29, 0.717) is 24.0 Å². The molecule has 1 aliphatic heterocycles. The van der Waals surface area contributed by atoms with Gasteiger partial charge in [-0.1, -0.05) is 6.92 Å². The lowest BCUT2D eigenvalue weighted by molar-refractivity contribution is 0.165. The van der Waals surface area contributed by atoms with Crippen LogP contribution >= 0.6 is 0 Å². The highest BCUT2D eigenvalue weighted by Gasteiger charge is 2.29. The Morgan fingerprint density at radius 1 is 1.52 bits per heavy atom. The summed E-state index contributed by atoms with van der Waals surface area (Å²) in [5, 5.41) is 12.5. The summed E-state index contributed by atoms with van der Waals surface area (Å²) < 4.78 is 8.62. The van der Waals surface area contributed by atoms with E-state index in [2.05, 4.69) is 28.2 Å². The van der Waals surface area contributed by atoms with Crippen LogP contribution in [0.15, 0.2) is 17.1 Å². The third-order valence-corrected chi connectivity index (χ3v) is 4.79. The predicted molar refractivity (Wildman–Crippen MR) is 94.8 cm³/mol. The zero-order valence-corrected chi connectivity index (χ0v) is 14.9. The highest BCUT2D eigenvalue weighted by atomic mass is 16.5. The Morgan fingerprint density at radius 2 is 2.32 bits per heavy atom. The number of hydrogen-bond donors (Lipinski definition) is 1. The van der Waals surface area contributed by atoms with E-state index >= 15 is 0 Å². The van der Waals surface area contributed by atoms with Crippen molar-refractivity contribution >= 4 is 11.3 Å². The second-order valence-corrected chi connectivity index (χ2v) is 6.40. The summed E-state index contributed by atoms with van der Waals surface area (Å²) in [5.41, 5.74) is 2.06. The predicted octanol–water partition coefficient (Wildman–Crippen LogP) is 0.302. The number of aryl methyl sites for hydroxylation is 1. The number of nitrogens with zero attached hydrogens (tertiary/aromatic N) is 5. The third-order valence-electron chi connectivity index (χ3n) is 4.79. The lowest BCUT2D eigenvalue weighted by Crippen LogP contribution is -2.58. The van der Waals surface area contributed by atoms with Gasteiger partial charge in [-0.2, -0.15) is 5.26 Å². The lowest BCUT2D eigenvalue weighted by Gasteiger charge is -2.41. The van der Waals surface area contributed by atoms with Gasteiger partial charge in [0.15, 0.2) is 5.65 Å². The minimum Gasteiger partial charge on any atom is -0.383 e. The lowest BCUT2D eigenvalue weighted by atomic mass is 10.1. The van der Waals surface area contributed by atoms with Crippen molar-refractivity contribution in [3.8, 4) is 6.07 Å². The average Bonchev–Trinajstić information content (AvgIpc) is 3.03. The Bertz CT molecular complexity index is 849. The van der Waals surface area contributed by atoms with E-state index in [1.807, 2.05) is 0 Å². The maximum atomic E-state index is 12.5. The molecule has 2 atom stereocenters. The first-order chi connectivity index (χ1) is 12.1. The van der Waals surface area contributed by atoms with E-state index in [1.165, 1.54) is 4.68 Å². The smallest absolute Gasteiger partial charge is 0.267 e. The van der Waals surface area contributed by atoms with Gasteiger partial charge < -0.3 is 15.0 Å². The zero-order valence-electron chi connectivity index (χ0n) is 14.9. The monoisotopic (exact) mass is 344 g/mol. The number of aromatic nitrogens is 3. The van der Waals surface area contributed by atoms with Gasteiger partial charge >= 0.3 is 0 Å². The van der Waals surface area contributed by atoms with Crippen LogP contribution < -0.4 is 15.8 Å². The molecule has 1 N–H and O–H groups in total. The van der Waals surface area contributed by atoms with E-state index in [1.54, 1.807) is 30.9 Å². The number of nitrogens with one attached hydrogen (secondary N) is 1. The topological polar surface area (TPSA) is 87.6 Å². The molecule has 0 bridgehead atoms. The fraction of sp³-hybridized carbons (Fsp3) is 0.588. The van der Waals surface area contributed by atoms with Gasteiger partial charge in [0.25, 0.3) is 5.56 Å². The number of anilines is 1. The highest BCUT2D eigenvalue weighted by Crippen LogP contribution is 2.24. The molecule has 1 saturated heterocycles. The molecule has 8 heteroatoms. The van der Waals surface area contributed by atoms with Crippen LogP contribution in [0.1, 0.15) is 19.0 Å². The van der Waals surface area contributed by atoms with E-state index < -0.39 is 0 Å². The Morgan fingerprint density at radius 3 is 3.00 bits per heavy atom. The van der Waals surface area contributed by atoms with Crippen LogP contribution in [0.4, 0.5) is 5.69 Å². The average molecular weight is 344 g/mol. The van der Waals surface area contributed by atoms with E-state index in [9.17, 15) is 4.79 Å². The number of fused-ring (bicyclic) bond motifs is 1. The summed E-state index contributed by atoms with van der Waals surface area (Å²) >= 11 is 0. The first-order valence-electron chi connectivity index (χ1n) is 8.53. The summed E-state index contributed by atoms with van der Waals surface area (Å²) in [5.74, 6) is 0. The van der Waals surface area contributed by atoms with Crippen molar-refractivity contribution in [1.29, 1.82) is 5.26 Å². The molecule has 1 fully saturated rings.